The van der Waals surface area contributed by atoms with Crippen LogP contribution in [0.25, 0.3) is 0 Å². The second-order valence-electron chi connectivity index (χ2n) is 6.77. The Labute approximate surface area is 100 Å². The number of hydrogen-bond acceptors (Lipinski definition) is 1. The Morgan fingerprint density at radius 2 is 1.31 bits per heavy atom. The fourth-order valence-electron chi connectivity index (χ4n) is 2.21. The lowest BCUT2D eigenvalue weighted by molar-refractivity contribution is 0.548. The molecule has 1 rings (SSSR count). The Bertz CT molecular complexity index is 350. The van der Waals surface area contributed by atoms with Crippen LogP contribution in [0.1, 0.15) is 63.9 Å². The Hall–Kier alpha value is -0.850. The smallest absolute Gasteiger partial charge is 0.0489 e. The minimum atomic E-state index is 0.130. The second-order valence-corrected chi connectivity index (χ2v) is 6.77. The van der Waals surface area contributed by atoms with E-state index in [1.54, 1.807) is 0 Å². The highest BCUT2D eigenvalue weighted by molar-refractivity contribution is 5.40. The normalized spacial score (nSPS) is 13.0. The van der Waals surface area contributed by atoms with Crippen molar-refractivity contribution in [3.05, 3.63) is 28.6 Å². The van der Waals surface area contributed by atoms with Crippen LogP contribution in [0.5, 0.6) is 0 Å². The lowest BCUT2D eigenvalue weighted by atomic mass is 9.80. The van der Waals surface area contributed by atoms with Crippen molar-refractivity contribution in [1.82, 2.24) is 4.98 Å². The predicted octanol–water partition coefficient (Wildman–Crippen LogP) is 4.29. The molecule has 0 saturated carbocycles. The molecule has 1 aromatic rings. The zero-order chi connectivity index (χ0) is 12.7. The summed E-state index contributed by atoms with van der Waals surface area (Å²) in [7, 11) is 0. The van der Waals surface area contributed by atoms with Gasteiger partial charge in [-0.15, -0.1) is 0 Å². The van der Waals surface area contributed by atoms with Gasteiger partial charge in [-0.25, -0.2) is 0 Å². The molecule has 0 aliphatic heterocycles. The zero-order valence-corrected chi connectivity index (χ0v) is 12.0. The van der Waals surface area contributed by atoms with E-state index in [2.05, 4.69) is 66.6 Å². The first-order valence-corrected chi connectivity index (χ1v) is 6.02. The maximum Gasteiger partial charge on any atom is 0.0489 e. The molecule has 0 aliphatic rings. The van der Waals surface area contributed by atoms with Gasteiger partial charge >= 0.3 is 0 Å². The first-order chi connectivity index (χ1) is 7.05. The van der Waals surface area contributed by atoms with Crippen LogP contribution in [-0.2, 0) is 10.8 Å². The van der Waals surface area contributed by atoms with E-state index in [1.165, 1.54) is 22.4 Å². The topological polar surface area (TPSA) is 12.9 Å². The average Bonchev–Trinajstić information content (AvgIpc) is 2.05. The molecule has 90 valence electrons. The van der Waals surface area contributed by atoms with Crippen molar-refractivity contribution in [2.75, 3.05) is 0 Å². The van der Waals surface area contributed by atoms with E-state index in [1.807, 2.05) is 0 Å². The van der Waals surface area contributed by atoms with Crippen LogP contribution < -0.4 is 0 Å². The van der Waals surface area contributed by atoms with Crippen LogP contribution in [0.3, 0.4) is 0 Å². The molecule has 1 heterocycles. The van der Waals surface area contributed by atoms with Gasteiger partial charge in [0.15, 0.2) is 0 Å². The molecule has 0 amide bonds. The molecule has 0 fully saturated rings. The predicted molar refractivity (Wildman–Crippen MR) is 71.1 cm³/mol. The molecule has 0 spiro atoms. The highest BCUT2D eigenvalue weighted by Crippen LogP contribution is 2.31. The SMILES string of the molecule is Cc1c(C(C)(C)C)cnc(C(C)(C)C)c1C. The first-order valence-electron chi connectivity index (χ1n) is 6.02. The highest BCUT2D eigenvalue weighted by Gasteiger charge is 2.23. The van der Waals surface area contributed by atoms with Crippen molar-refractivity contribution in [2.45, 2.75) is 66.2 Å². The highest BCUT2D eigenvalue weighted by atomic mass is 14.7. The van der Waals surface area contributed by atoms with E-state index in [0.29, 0.717) is 0 Å². The van der Waals surface area contributed by atoms with Gasteiger partial charge in [-0.2, -0.15) is 0 Å². The fraction of sp³-hybridized carbons (Fsp3) is 0.667. The summed E-state index contributed by atoms with van der Waals surface area (Å²) in [4.78, 5) is 4.68. The first kappa shape index (κ1) is 13.2. The molecular formula is C15H25N. The Morgan fingerprint density at radius 1 is 0.812 bits per heavy atom. The summed E-state index contributed by atoms with van der Waals surface area (Å²) >= 11 is 0. The van der Waals surface area contributed by atoms with Crippen LogP contribution in [0, 0.1) is 13.8 Å². The molecule has 16 heavy (non-hydrogen) atoms. The molecule has 1 heteroatoms. The van der Waals surface area contributed by atoms with Crippen LogP contribution in [0.15, 0.2) is 6.20 Å². The molecule has 0 radical (unpaired) electrons. The molecular weight excluding hydrogens is 194 g/mol. The largest absolute Gasteiger partial charge is 0.260 e. The van der Waals surface area contributed by atoms with Crippen molar-refractivity contribution < 1.29 is 0 Å². The van der Waals surface area contributed by atoms with Gasteiger partial charge in [0.05, 0.1) is 0 Å². The van der Waals surface area contributed by atoms with E-state index in [0.717, 1.165) is 0 Å². The Kier molecular flexibility index (Phi) is 3.20. The maximum atomic E-state index is 4.68. The number of rotatable bonds is 0. The molecule has 0 saturated heterocycles. The standard InChI is InChI=1S/C15H25N/c1-10-11(2)13(15(6,7)8)16-9-12(10)14(3,4)5/h9H,1-8H3. The van der Waals surface area contributed by atoms with Gasteiger partial charge in [-0.1, -0.05) is 41.5 Å². The fourth-order valence-corrected chi connectivity index (χ4v) is 2.21. The van der Waals surface area contributed by atoms with Crippen molar-refractivity contribution >= 4 is 0 Å². The maximum absolute atomic E-state index is 4.68. The van der Waals surface area contributed by atoms with Crippen molar-refractivity contribution in [2.24, 2.45) is 0 Å². The van der Waals surface area contributed by atoms with Crippen molar-refractivity contribution in [3.8, 4) is 0 Å². The number of hydrogen-bond donors (Lipinski definition) is 0. The molecule has 1 nitrogen and oxygen atoms in total. The van der Waals surface area contributed by atoms with Gasteiger partial charge in [0.25, 0.3) is 0 Å². The summed E-state index contributed by atoms with van der Waals surface area (Å²) in [5.74, 6) is 0. The van der Waals surface area contributed by atoms with E-state index >= 15 is 0 Å². The summed E-state index contributed by atoms with van der Waals surface area (Å²) < 4.78 is 0. The summed E-state index contributed by atoms with van der Waals surface area (Å²) in [5, 5.41) is 0. The lowest BCUT2D eigenvalue weighted by Crippen LogP contribution is -2.20. The van der Waals surface area contributed by atoms with Gasteiger partial charge < -0.3 is 0 Å². The molecule has 0 unspecified atom stereocenters. The van der Waals surface area contributed by atoms with Gasteiger partial charge in [-0.05, 0) is 36.0 Å². The molecule has 0 aromatic carbocycles. The molecule has 0 bridgehead atoms. The molecule has 0 N–H and O–H groups in total. The molecule has 0 aliphatic carbocycles. The third-order valence-electron chi connectivity index (χ3n) is 3.16. The van der Waals surface area contributed by atoms with Crippen molar-refractivity contribution in [1.29, 1.82) is 0 Å². The van der Waals surface area contributed by atoms with Gasteiger partial charge in [-0.3, -0.25) is 4.98 Å². The van der Waals surface area contributed by atoms with Gasteiger partial charge in [0.1, 0.15) is 0 Å². The van der Waals surface area contributed by atoms with E-state index in [-0.39, 0.29) is 10.8 Å². The van der Waals surface area contributed by atoms with Gasteiger partial charge in [0, 0.05) is 17.3 Å². The summed E-state index contributed by atoms with van der Waals surface area (Å²) in [6.45, 7) is 17.8. The monoisotopic (exact) mass is 219 g/mol. The molecule has 1 aromatic heterocycles. The number of aromatic nitrogens is 1. The van der Waals surface area contributed by atoms with Crippen LogP contribution in [0.2, 0.25) is 0 Å². The second kappa shape index (κ2) is 3.87. The van der Waals surface area contributed by atoms with Crippen LogP contribution in [0.4, 0.5) is 0 Å². The van der Waals surface area contributed by atoms with Gasteiger partial charge in [0.2, 0.25) is 0 Å². The van der Waals surface area contributed by atoms with E-state index in [9.17, 15) is 0 Å². The van der Waals surface area contributed by atoms with Crippen LogP contribution >= 0.6 is 0 Å². The van der Waals surface area contributed by atoms with Crippen LogP contribution in [-0.4, -0.2) is 4.98 Å². The zero-order valence-electron chi connectivity index (χ0n) is 12.0. The number of pyridine rings is 1. The third kappa shape index (κ3) is 2.45. The molecule has 0 atom stereocenters. The van der Waals surface area contributed by atoms with E-state index in [4.69, 9.17) is 0 Å². The quantitative estimate of drug-likeness (QED) is 0.634. The third-order valence-corrected chi connectivity index (χ3v) is 3.16. The minimum Gasteiger partial charge on any atom is -0.260 e. The average molecular weight is 219 g/mol. The van der Waals surface area contributed by atoms with Crippen molar-refractivity contribution in [3.63, 3.8) is 0 Å². The van der Waals surface area contributed by atoms with E-state index < -0.39 is 0 Å². The summed E-state index contributed by atoms with van der Waals surface area (Å²) in [6.07, 6.45) is 2.06. The minimum absolute atomic E-state index is 0.130. The number of nitrogens with zero attached hydrogens (tertiary/aromatic N) is 1. The Balaban J connectivity index is 3.41. The lowest BCUT2D eigenvalue weighted by Gasteiger charge is -2.27. The summed E-state index contributed by atoms with van der Waals surface area (Å²) in [6, 6.07) is 0. The Morgan fingerprint density at radius 3 is 1.69 bits per heavy atom. The summed E-state index contributed by atoms with van der Waals surface area (Å²) in [5.41, 5.74) is 5.63.